The van der Waals surface area contributed by atoms with Crippen molar-refractivity contribution >= 4 is 17.8 Å². The minimum atomic E-state index is -5.19. The number of halogens is 3. The maximum absolute atomic E-state index is 12.8. The molecule has 0 spiro atoms. The van der Waals surface area contributed by atoms with Crippen LogP contribution in [0, 0.1) is 0 Å². The SMILES string of the molecule is CCCCCCCCCCc1ccc(C(=O)NC2(CC(=O)O)CC[N+](C)(C)C2)cc1.O=C([O-])C(F)(F)F. The molecule has 0 aromatic heterocycles. The number of carbonyl (C=O) groups is 3. The Kier molecular flexibility index (Phi) is 13.1. The van der Waals surface area contributed by atoms with Gasteiger partial charge >= 0.3 is 12.1 Å². The summed E-state index contributed by atoms with van der Waals surface area (Å²) in [6, 6.07) is 7.82. The van der Waals surface area contributed by atoms with Gasteiger partial charge in [0, 0.05) is 12.0 Å². The predicted molar refractivity (Wildman–Crippen MR) is 133 cm³/mol. The van der Waals surface area contributed by atoms with Crippen molar-refractivity contribution in [2.45, 2.75) is 89.3 Å². The number of nitrogens with one attached hydrogen (secondary N) is 1. The molecule has 1 atom stereocenters. The minimum Gasteiger partial charge on any atom is -0.542 e. The number of hydrogen-bond donors (Lipinski definition) is 2. The van der Waals surface area contributed by atoms with E-state index in [0.29, 0.717) is 18.5 Å². The highest BCUT2D eigenvalue weighted by molar-refractivity contribution is 5.95. The molecule has 2 N–H and O–H groups in total. The molecule has 1 fully saturated rings. The fourth-order valence-electron chi connectivity index (χ4n) is 4.67. The number of rotatable bonds is 13. The number of likely N-dealkylation sites (tertiary alicyclic amines) is 1. The van der Waals surface area contributed by atoms with Crippen LogP contribution >= 0.6 is 0 Å². The average Bonchev–Trinajstić information content (AvgIpc) is 3.08. The van der Waals surface area contributed by atoms with Crippen LogP contribution in [0.5, 0.6) is 0 Å². The Hall–Kier alpha value is -2.62. The van der Waals surface area contributed by atoms with E-state index in [1.165, 1.54) is 56.9 Å². The minimum absolute atomic E-state index is 0.0308. The van der Waals surface area contributed by atoms with Gasteiger partial charge in [0.25, 0.3) is 5.91 Å². The number of benzene rings is 1. The van der Waals surface area contributed by atoms with E-state index in [1.54, 1.807) is 0 Å². The summed E-state index contributed by atoms with van der Waals surface area (Å²) in [7, 11) is 4.16. The maximum atomic E-state index is 12.8. The molecule has 1 amide bonds. The molecule has 0 aliphatic carbocycles. The molecular weight excluding hydrogens is 489 g/mol. The van der Waals surface area contributed by atoms with Crippen LogP contribution in [-0.4, -0.2) is 66.3 Å². The monoisotopic (exact) mass is 530 g/mol. The van der Waals surface area contributed by atoms with Crippen LogP contribution in [-0.2, 0) is 16.0 Å². The van der Waals surface area contributed by atoms with Gasteiger partial charge in [0.1, 0.15) is 18.1 Å². The fraction of sp³-hybridized carbons (Fsp3) is 0.667. The van der Waals surface area contributed by atoms with Crippen LogP contribution in [0.15, 0.2) is 24.3 Å². The lowest BCUT2D eigenvalue weighted by molar-refractivity contribution is -0.879. The van der Waals surface area contributed by atoms with Crippen molar-refractivity contribution in [2.75, 3.05) is 27.2 Å². The third-order valence-corrected chi connectivity index (χ3v) is 6.56. The van der Waals surface area contributed by atoms with E-state index in [1.807, 2.05) is 24.3 Å². The van der Waals surface area contributed by atoms with Crippen molar-refractivity contribution < 1.29 is 42.3 Å². The Labute approximate surface area is 217 Å². The Bertz CT molecular complexity index is 872. The maximum Gasteiger partial charge on any atom is 0.430 e. The largest absolute Gasteiger partial charge is 0.542 e. The molecule has 210 valence electrons. The summed E-state index contributed by atoms with van der Waals surface area (Å²) in [6.07, 6.45) is 6.99. The van der Waals surface area contributed by atoms with E-state index >= 15 is 0 Å². The number of carboxylic acid groups (broad SMARTS) is 2. The van der Waals surface area contributed by atoms with E-state index in [0.717, 1.165) is 17.4 Å². The van der Waals surface area contributed by atoms with Gasteiger partial charge in [-0.3, -0.25) is 9.59 Å². The predicted octanol–water partition coefficient (Wildman–Crippen LogP) is 4.09. The van der Waals surface area contributed by atoms with Gasteiger partial charge in [0.15, 0.2) is 0 Å². The topological polar surface area (TPSA) is 107 Å². The zero-order valence-corrected chi connectivity index (χ0v) is 22.2. The van der Waals surface area contributed by atoms with Gasteiger partial charge < -0.3 is 24.8 Å². The zero-order chi connectivity index (χ0) is 28.1. The first-order valence-electron chi connectivity index (χ1n) is 12.9. The molecule has 0 bridgehead atoms. The van der Waals surface area contributed by atoms with Crippen LogP contribution < -0.4 is 10.4 Å². The summed E-state index contributed by atoms with van der Waals surface area (Å²) in [6.45, 7) is 3.75. The second kappa shape index (κ2) is 15.0. The normalized spacial score (nSPS) is 18.5. The Morgan fingerprint density at radius 1 is 1.00 bits per heavy atom. The number of aliphatic carboxylic acids is 2. The van der Waals surface area contributed by atoms with Crippen molar-refractivity contribution in [3.8, 4) is 0 Å². The van der Waals surface area contributed by atoms with Gasteiger partial charge in [0.2, 0.25) is 0 Å². The Balaban J connectivity index is 0.000000856. The smallest absolute Gasteiger partial charge is 0.430 e. The molecule has 7 nitrogen and oxygen atoms in total. The van der Waals surface area contributed by atoms with Gasteiger partial charge in [-0.2, -0.15) is 13.2 Å². The molecule has 0 saturated carbocycles. The Morgan fingerprint density at radius 3 is 1.95 bits per heavy atom. The molecule has 0 radical (unpaired) electrons. The lowest BCUT2D eigenvalue weighted by atomic mass is 9.93. The first kappa shape index (κ1) is 32.4. The number of carbonyl (C=O) groups excluding carboxylic acids is 2. The van der Waals surface area contributed by atoms with Gasteiger partial charge in [0.05, 0.1) is 27.1 Å². The number of amides is 1. The molecular formula is C27H41F3N2O5. The summed E-state index contributed by atoms with van der Waals surface area (Å²) in [5.41, 5.74) is 1.20. The lowest BCUT2D eigenvalue weighted by Crippen LogP contribution is -2.54. The van der Waals surface area contributed by atoms with Crippen molar-refractivity contribution in [1.29, 1.82) is 0 Å². The van der Waals surface area contributed by atoms with E-state index < -0.39 is 23.7 Å². The number of hydrogen-bond acceptors (Lipinski definition) is 4. The molecule has 1 aromatic rings. The number of aryl methyl sites for hydroxylation is 1. The van der Waals surface area contributed by atoms with Crippen LogP contribution in [0.25, 0.3) is 0 Å². The number of likely N-dealkylation sites (N-methyl/N-ethyl adjacent to an activating group) is 1. The molecule has 37 heavy (non-hydrogen) atoms. The molecule has 1 aromatic carbocycles. The zero-order valence-electron chi connectivity index (χ0n) is 22.2. The molecule has 1 aliphatic heterocycles. The highest BCUT2D eigenvalue weighted by Gasteiger charge is 2.47. The van der Waals surface area contributed by atoms with Crippen LogP contribution in [0.4, 0.5) is 13.2 Å². The number of unbranched alkanes of at least 4 members (excludes halogenated alkanes) is 7. The van der Waals surface area contributed by atoms with Crippen molar-refractivity contribution in [2.24, 2.45) is 0 Å². The number of carboxylic acids is 2. The molecule has 1 aliphatic rings. The Morgan fingerprint density at radius 2 is 1.51 bits per heavy atom. The standard InChI is InChI=1S/C25H40N2O3.C2HF3O2/c1-4-5-6-7-8-9-10-11-12-21-13-15-22(16-14-21)24(30)26-25(19-23(28)29)17-18-27(2,3)20-25;3-2(4,5)1(6)7/h13-16H,4-12,17-20H2,1-3H3,(H-,26,28,29,30);(H,6,7). The molecule has 10 heteroatoms. The third kappa shape index (κ3) is 13.0. The van der Waals surface area contributed by atoms with E-state index in [2.05, 4.69) is 26.3 Å². The average molecular weight is 531 g/mol. The first-order valence-corrected chi connectivity index (χ1v) is 12.9. The number of alkyl halides is 3. The molecule has 1 unspecified atom stereocenters. The third-order valence-electron chi connectivity index (χ3n) is 6.56. The molecule has 2 rings (SSSR count). The van der Waals surface area contributed by atoms with E-state index in [4.69, 9.17) is 9.90 Å². The van der Waals surface area contributed by atoms with Crippen LogP contribution in [0.1, 0.15) is 87.1 Å². The van der Waals surface area contributed by atoms with Gasteiger partial charge in [-0.1, -0.05) is 64.0 Å². The highest BCUT2D eigenvalue weighted by atomic mass is 19.4. The summed E-state index contributed by atoms with van der Waals surface area (Å²) < 4.78 is 32.3. The summed E-state index contributed by atoms with van der Waals surface area (Å²) in [4.78, 5) is 33.0. The summed E-state index contributed by atoms with van der Waals surface area (Å²) >= 11 is 0. The number of quaternary nitrogens is 1. The van der Waals surface area contributed by atoms with Gasteiger partial charge in [-0.25, -0.2) is 0 Å². The van der Waals surface area contributed by atoms with Gasteiger partial charge in [-0.05, 0) is 30.5 Å². The van der Waals surface area contributed by atoms with Crippen molar-refractivity contribution in [3.05, 3.63) is 35.4 Å². The van der Waals surface area contributed by atoms with Crippen LogP contribution in [0.2, 0.25) is 0 Å². The van der Waals surface area contributed by atoms with Crippen molar-refractivity contribution in [3.63, 3.8) is 0 Å². The van der Waals surface area contributed by atoms with Crippen LogP contribution in [0.3, 0.4) is 0 Å². The molecule has 1 heterocycles. The highest BCUT2D eigenvalue weighted by Crippen LogP contribution is 2.28. The fourth-order valence-corrected chi connectivity index (χ4v) is 4.67. The first-order chi connectivity index (χ1) is 17.2. The second-order valence-electron chi connectivity index (χ2n) is 10.6. The van der Waals surface area contributed by atoms with Crippen molar-refractivity contribution in [1.82, 2.24) is 5.32 Å². The lowest BCUT2D eigenvalue weighted by Gasteiger charge is -2.30. The van der Waals surface area contributed by atoms with E-state index in [-0.39, 0.29) is 12.3 Å². The number of nitrogens with zero attached hydrogens (tertiary/aromatic N) is 1. The quantitative estimate of drug-likeness (QED) is 0.295. The van der Waals surface area contributed by atoms with Gasteiger partial charge in [-0.15, -0.1) is 0 Å². The summed E-state index contributed by atoms with van der Waals surface area (Å²) in [5.74, 6) is -4.04. The molecule has 1 saturated heterocycles. The summed E-state index contributed by atoms with van der Waals surface area (Å²) in [5, 5.41) is 21.2. The van der Waals surface area contributed by atoms with E-state index in [9.17, 15) is 27.9 Å². The second-order valence-corrected chi connectivity index (χ2v) is 10.6.